The molecule has 0 aromatic carbocycles. The van der Waals surface area contributed by atoms with Gasteiger partial charge in [0.1, 0.15) is 12.4 Å². The summed E-state index contributed by atoms with van der Waals surface area (Å²) in [6.45, 7) is 1.54. The summed E-state index contributed by atoms with van der Waals surface area (Å²) in [5.74, 6) is 3.48. The second-order valence-electron chi connectivity index (χ2n) is 8.53. The first-order valence-electron chi connectivity index (χ1n) is 9.42. The molecule has 1 aromatic rings. The Morgan fingerprint density at radius 2 is 1.88 bits per heavy atom. The van der Waals surface area contributed by atoms with Crippen LogP contribution < -0.4 is 4.74 Å². The number of nitrogens with zero attached hydrogens (tertiary/aromatic N) is 3. The van der Waals surface area contributed by atoms with Crippen molar-refractivity contribution in [2.45, 2.75) is 51.0 Å². The molecule has 0 spiro atoms. The zero-order valence-corrected chi connectivity index (χ0v) is 14.1. The van der Waals surface area contributed by atoms with Crippen molar-refractivity contribution in [2.75, 3.05) is 13.1 Å². The Morgan fingerprint density at radius 3 is 2.50 bits per heavy atom. The quantitative estimate of drug-likeness (QED) is 0.856. The predicted octanol–water partition coefficient (Wildman–Crippen LogP) is 2.67. The standard InChI is InChI=1S/C19H25N3O2/c23-18(19-8-13-5-14(9-19)7-15(6-13)10-19)22-4-2-16(11-22)24-17-1-3-20-12-21-17/h1,3,12-16H,2,4-11H2. The van der Waals surface area contributed by atoms with Gasteiger partial charge >= 0.3 is 0 Å². The molecular weight excluding hydrogens is 302 g/mol. The minimum atomic E-state index is -0.0292. The van der Waals surface area contributed by atoms with Crippen LogP contribution in [0.4, 0.5) is 0 Å². The number of hydrogen-bond donors (Lipinski definition) is 0. The van der Waals surface area contributed by atoms with E-state index in [9.17, 15) is 4.79 Å². The number of rotatable bonds is 3. The second-order valence-corrected chi connectivity index (χ2v) is 8.53. The molecule has 1 aliphatic heterocycles. The van der Waals surface area contributed by atoms with E-state index in [1.807, 2.05) is 0 Å². The third-order valence-electron chi connectivity index (χ3n) is 6.77. The van der Waals surface area contributed by atoms with Crippen LogP contribution in [0.15, 0.2) is 18.6 Å². The number of carbonyl (C=O) groups is 1. The Morgan fingerprint density at radius 1 is 1.17 bits per heavy atom. The minimum absolute atomic E-state index is 0.0292. The van der Waals surface area contributed by atoms with Gasteiger partial charge in [-0.2, -0.15) is 0 Å². The van der Waals surface area contributed by atoms with Crippen LogP contribution in [0.5, 0.6) is 5.88 Å². The Balaban J connectivity index is 1.27. The van der Waals surface area contributed by atoms with Crippen LogP contribution in [-0.4, -0.2) is 40.0 Å². The van der Waals surface area contributed by atoms with Crippen LogP contribution in [0, 0.1) is 23.2 Å². The van der Waals surface area contributed by atoms with Crippen LogP contribution in [-0.2, 0) is 4.79 Å². The Kier molecular flexibility index (Phi) is 3.32. The van der Waals surface area contributed by atoms with Crippen molar-refractivity contribution in [3.8, 4) is 5.88 Å². The predicted molar refractivity (Wildman–Crippen MR) is 88.3 cm³/mol. The molecule has 0 radical (unpaired) electrons. The van der Waals surface area contributed by atoms with Crippen LogP contribution in [0.1, 0.15) is 44.9 Å². The van der Waals surface area contributed by atoms with Crippen LogP contribution in [0.25, 0.3) is 0 Å². The van der Waals surface area contributed by atoms with Crippen molar-refractivity contribution in [3.05, 3.63) is 18.6 Å². The second kappa shape index (κ2) is 5.43. The molecule has 5 fully saturated rings. The summed E-state index contributed by atoms with van der Waals surface area (Å²) in [5.41, 5.74) is -0.0292. The maximum atomic E-state index is 13.3. The highest BCUT2D eigenvalue weighted by atomic mass is 16.5. The number of carbonyl (C=O) groups excluding carboxylic acids is 1. The first-order valence-corrected chi connectivity index (χ1v) is 9.42. The molecule has 1 saturated heterocycles. The molecule has 128 valence electrons. The van der Waals surface area contributed by atoms with Crippen molar-refractivity contribution < 1.29 is 9.53 Å². The van der Waals surface area contributed by atoms with E-state index in [0.717, 1.165) is 50.0 Å². The third kappa shape index (κ3) is 2.40. The van der Waals surface area contributed by atoms with Gasteiger partial charge in [-0.15, -0.1) is 0 Å². The summed E-state index contributed by atoms with van der Waals surface area (Å²) >= 11 is 0. The molecule has 5 heteroatoms. The van der Waals surface area contributed by atoms with Crippen LogP contribution in [0.2, 0.25) is 0 Å². The minimum Gasteiger partial charge on any atom is -0.472 e. The third-order valence-corrected chi connectivity index (χ3v) is 6.77. The lowest BCUT2D eigenvalue weighted by atomic mass is 9.49. The van der Waals surface area contributed by atoms with Crippen molar-refractivity contribution in [3.63, 3.8) is 0 Å². The maximum absolute atomic E-state index is 13.3. The maximum Gasteiger partial charge on any atom is 0.228 e. The van der Waals surface area contributed by atoms with Crippen molar-refractivity contribution in [2.24, 2.45) is 23.2 Å². The van der Waals surface area contributed by atoms with Gasteiger partial charge in [-0.3, -0.25) is 4.79 Å². The Labute approximate surface area is 142 Å². The highest BCUT2D eigenvalue weighted by Crippen LogP contribution is 2.60. The molecule has 1 unspecified atom stereocenters. The van der Waals surface area contributed by atoms with Gasteiger partial charge in [-0.05, 0) is 56.3 Å². The van der Waals surface area contributed by atoms with Gasteiger partial charge in [0.2, 0.25) is 11.8 Å². The summed E-state index contributed by atoms with van der Waals surface area (Å²) in [5, 5.41) is 0. The van der Waals surface area contributed by atoms with Gasteiger partial charge in [0.05, 0.1) is 12.0 Å². The molecular formula is C19H25N3O2. The zero-order chi connectivity index (χ0) is 16.1. The molecule has 24 heavy (non-hydrogen) atoms. The van der Waals surface area contributed by atoms with Gasteiger partial charge in [-0.1, -0.05) is 0 Å². The fourth-order valence-corrected chi connectivity index (χ4v) is 6.24. The molecule has 1 aromatic heterocycles. The number of ether oxygens (including phenoxy) is 1. The van der Waals surface area contributed by atoms with Gasteiger partial charge in [0.15, 0.2) is 0 Å². The van der Waals surface area contributed by atoms with E-state index in [2.05, 4.69) is 14.9 Å². The van der Waals surface area contributed by atoms with Gasteiger partial charge in [0, 0.05) is 25.2 Å². The number of hydrogen-bond acceptors (Lipinski definition) is 4. The molecule has 1 amide bonds. The van der Waals surface area contributed by atoms with Crippen LogP contribution >= 0.6 is 0 Å². The van der Waals surface area contributed by atoms with Crippen molar-refractivity contribution in [1.82, 2.24) is 14.9 Å². The molecule has 0 N–H and O–H groups in total. The highest BCUT2D eigenvalue weighted by Gasteiger charge is 2.56. The van der Waals surface area contributed by atoms with E-state index in [4.69, 9.17) is 4.74 Å². The molecule has 4 bridgehead atoms. The first-order chi connectivity index (χ1) is 11.7. The average molecular weight is 327 g/mol. The van der Waals surface area contributed by atoms with E-state index in [-0.39, 0.29) is 11.5 Å². The fourth-order valence-electron chi connectivity index (χ4n) is 6.24. The number of likely N-dealkylation sites (tertiary alicyclic amines) is 1. The molecule has 1 atom stereocenters. The fraction of sp³-hybridized carbons (Fsp3) is 0.737. The monoisotopic (exact) mass is 327 g/mol. The Bertz CT molecular complexity index is 597. The molecule has 5 nitrogen and oxygen atoms in total. The number of amides is 1. The van der Waals surface area contributed by atoms with E-state index in [0.29, 0.717) is 18.3 Å². The summed E-state index contributed by atoms with van der Waals surface area (Å²) in [4.78, 5) is 23.5. The van der Waals surface area contributed by atoms with E-state index >= 15 is 0 Å². The van der Waals surface area contributed by atoms with Crippen molar-refractivity contribution in [1.29, 1.82) is 0 Å². The molecule has 4 aliphatic carbocycles. The molecule has 2 heterocycles. The Hall–Kier alpha value is -1.65. The topological polar surface area (TPSA) is 55.3 Å². The molecule has 6 rings (SSSR count). The summed E-state index contributed by atoms with van der Waals surface area (Å²) in [7, 11) is 0. The van der Waals surface area contributed by atoms with Gasteiger partial charge in [-0.25, -0.2) is 9.97 Å². The first kappa shape index (κ1) is 14.7. The smallest absolute Gasteiger partial charge is 0.228 e. The molecule has 5 aliphatic rings. The van der Waals surface area contributed by atoms with Gasteiger partial charge < -0.3 is 9.64 Å². The SMILES string of the molecule is O=C(N1CCC(Oc2ccncn2)C1)C12CC3CC(CC(C3)C1)C2. The van der Waals surface area contributed by atoms with E-state index in [1.165, 1.54) is 25.6 Å². The van der Waals surface area contributed by atoms with Crippen molar-refractivity contribution >= 4 is 5.91 Å². The molecule has 4 saturated carbocycles. The number of aromatic nitrogens is 2. The lowest BCUT2D eigenvalue weighted by Gasteiger charge is -2.56. The largest absolute Gasteiger partial charge is 0.472 e. The zero-order valence-electron chi connectivity index (χ0n) is 14.1. The van der Waals surface area contributed by atoms with E-state index in [1.54, 1.807) is 12.3 Å². The summed E-state index contributed by atoms with van der Waals surface area (Å²) in [6.07, 6.45) is 11.7. The lowest BCUT2D eigenvalue weighted by Crippen LogP contribution is -2.54. The van der Waals surface area contributed by atoms with E-state index < -0.39 is 0 Å². The summed E-state index contributed by atoms with van der Waals surface area (Å²) in [6, 6.07) is 1.78. The summed E-state index contributed by atoms with van der Waals surface area (Å²) < 4.78 is 5.93. The van der Waals surface area contributed by atoms with Crippen LogP contribution in [0.3, 0.4) is 0 Å². The average Bonchev–Trinajstić information content (AvgIpc) is 3.02. The van der Waals surface area contributed by atoms with Gasteiger partial charge in [0.25, 0.3) is 0 Å². The normalized spacial score (nSPS) is 40.1. The lowest BCUT2D eigenvalue weighted by molar-refractivity contribution is -0.156. The highest BCUT2D eigenvalue weighted by molar-refractivity contribution is 5.83.